The fourth-order valence-corrected chi connectivity index (χ4v) is 4.06. The van der Waals surface area contributed by atoms with E-state index in [1.165, 1.54) is 17.4 Å². The normalized spacial score (nSPS) is 14.1. The van der Waals surface area contributed by atoms with E-state index in [1.807, 2.05) is 11.0 Å². The third-order valence-electron chi connectivity index (χ3n) is 4.49. The number of halogens is 2. The monoisotopic (exact) mass is 405 g/mol. The van der Waals surface area contributed by atoms with E-state index in [4.69, 9.17) is 16.9 Å². The fraction of sp³-hybridized carbons (Fsp3) is 0.316. The highest BCUT2D eigenvalue weighted by Gasteiger charge is 2.24. The van der Waals surface area contributed by atoms with Crippen LogP contribution in [0.4, 0.5) is 10.1 Å². The number of hydrogen-bond acceptors (Lipinski definition) is 5. The molecule has 0 spiro atoms. The highest BCUT2D eigenvalue weighted by molar-refractivity contribution is 7.18. The standard InChI is InChI=1S/C19H17ClFN3O2S/c20-18-6-5-17(27-18)16(25)4-7-19(26)24-10-8-23(9-11-24)15-3-1-2-14(21)13(15)12-22/h1-3,5-6H,4,7-11H2. The molecule has 140 valence electrons. The van der Waals surface area contributed by atoms with Gasteiger partial charge in [0, 0.05) is 39.0 Å². The lowest BCUT2D eigenvalue weighted by Gasteiger charge is -2.36. The Kier molecular flexibility index (Phi) is 6.09. The van der Waals surface area contributed by atoms with Crippen LogP contribution in [0.15, 0.2) is 30.3 Å². The predicted molar refractivity (Wildman–Crippen MR) is 103 cm³/mol. The first-order valence-electron chi connectivity index (χ1n) is 8.49. The summed E-state index contributed by atoms with van der Waals surface area (Å²) in [5, 5.41) is 9.17. The third kappa shape index (κ3) is 4.46. The van der Waals surface area contributed by atoms with E-state index >= 15 is 0 Å². The average Bonchev–Trinajstić information content (AvgIpc) is 3.12. The van der Waals surface area contributed by atoms with Gasteiger partial charge in [-0.2, -0.15) is 5.26 Å². The van der Waals surface area contributed by atoms with Gasteiger partial charge in [0.2, 0.25) is 5.91 Å². The molecule has 27 heavy (non-hydrogen) atoms. The van der Waals surface area contributed by atoms with Crippen LogP contribution < -0.4 is 4.90 Å². The molecule has 2 aromatic rings. The molecule has 0 aliphatic carbocycles. The van der Waals surface area contributed by atoms with Crippen molar-refractivity contribution in [2.45, 2.75) is 12.8 Å². The molecule has 8 heteroatoms. The summed E-state index contributed by atoms with van der Waals surface area (Å²) in [6.45, 7) is 1.97. The molecule has 0 bridgehead atoms. The maximum atomic E-state index is 13.8. The van der Waals surface area contributed by atoms with E-state index in [1.54, 1.807) is 29.2 Å². The van der Waals surface area contributed by atoms with Crippen molar-refractivity contribution in [3.8, 4) is 6.07 Å². The number of carbonyl (C=O) groups excluding carboxylic acids is 2. The topological polar surface area (TPSA) is 64.4 Å². The number of piperazine rings is 1. The number of benzene rings is 1. The van der Waals surface area contributed by atoms with Crippen molar-refractivity contribution in [2.75, 3.05) is 31.1 Å². The Bertz CT molecular complexity index is 901. The minimum atomic E-state index is -0.541. The second-order valence-corrected chi connectivity index (χ2v) is 7.86. The van der Waals surface area contributed by atoms with Crippen molar-refractivity contribution in [2.24, 2.45) is 0 Å². The number of carbonyl (C=O) groups is 2. The smallest absolute Gasteiger partial charge is 0.223 e. The molecule has 0 saturated carbocycles. The number of rotatable bonds is 5. The summed E-state index contributed by atoms with van der Waals surface area (Å²) < 4.78 is 14.3. The Morgan fingerprint density at radius 2 is 1.89 bits per heavy atom. The Balaban J connectivity index is 1.53. The first kappa shape index (κ1) is 19.3. The van der Waals surface area contributed by atoms with Crippen LogP contribution in [0, 0.1) is 17.1 Å². The van der Waals surface area contributed by atoms with Crippen LogP contribution in [-0.4, -0.2) is 42.8 Å². The molecule has 5 nitrogen and oxygen atoms in total. The SMILES string of the molecule is N#Cc1c(F)cccc1N1CCN(C(=O)CCC(=O)c2ccc(Cl)s2)CC1. The molecular formula is C19H17ClFN3O2S. The van der Waals surface area contributed by atoms with Crippen LogP contribution in [0.1, 0.15) is 28.1 Å². The molecule has 1 aliphatic rings. The highest BCUT2D eigenvalue weighted by atomic mass is 35.5. The Hall–Kier alpha value is -2.43. The molecule has 0 radical (unpaired) electrons. The second kappa shape index (κ2) is 8.51. The van der Waals surface area contributed by atoms with Crippen molar-refractivity contribution in [1.82, 2.24) is 4.90 Å². The van der Waals surface area contributed by atoms with E-state index < -0.39 is 5.82 Å². The summed E-state index contributed by atoms with van der Waals surface area (Å²) in [4.78, 5) is 28.6. The van der Waals surface area contributed by atoms with Crippen molar-refractivity contribution >= 4 is 40.3 Å². The summed E-state index contributed by atoms with van der Waals surface area (Å²) >= 11 is 7.04. The van der Waals surface area contributed by atoms with Gasteiger partial charge in [-0.1, -0.05) is 17.7 Å². The Labute approximate surface area is 165 Å². The molecule has 0 unspecified atom stereocenters. The van der Waals surface area contributed by atoms with Crippen molar-refractivity contribution in [1.29, 1.82) is 5.26 Å². The minimum absolute atomic E-state index is 0.0254. The zero-order valence-electron chi connectivity index (χ0n) is 14.5. The van der Waals surface area contributed by atoms with Gasteiger partial charge in [0.1, 0.15) is 17.4 Å². The summed E-state index contributed by atoms with van der Waals surface area (Å²) in [7, 11) is 0. The molecule has 0 N–H and O–H groups in total. The maximum absolute atomic E-state index is 13.8. The van der Waals surface area contributed by atoms with Gasteiger partial charge in [-0.15, -0.1) is 11.3 Å². The van der Waals surface area contributed by atoms with Gasteiger partial charge in [0.15, 0.2) is 5.78 Å². The van der Waals surface area contributed by atoms with Crippen molar-refractivity contribution < 1.29 is 14.0 Å². The average molecular weight is 406 g/mol. The Morgan fingerprint density at radius 3 is 2.52 bits per heavy atom. The number of amides is 1. The summed E-state index contributed by atoms with van der Waals surface area (Å²) in [6, 6.07) is 9.79. The van der Waals surface area contributed by atoms with Gasteiger partial charge in [-0.25, -0.2) is 4.39 Å². The summed E-state index contributed by atoms with van der Waals surface area (Å²) in [5.41, 5.74) is 0.576. The largest absolute Gasteiger partial charge is 0.367 e. The number of Topliss-reactive ketones (excluding diaryl/α,β-unsaturated/α-hetero) is 1. The zero-order chi connectivity index (χ0) is 19.4. The summed E-state index contributed by atoms with van der Waals surface area (Å²) in [6.07, 6.45) is 0.302. The number of thiophene rings is 1. The molecule has 2 heterocycles. The maximum Gasteiger partial charge on any atom is 0.223 e. The highest BCUT2D eigenvalue weighted by Crippen LogP contribution is 2.25. The first-order chi connectivity index (χ1) is 13.0. The predicted octanol–water partition coefficient (Wildman–Crippen LogP) is 3.72. The van der Waals surface area contributed by atoms with Gasteiger partial charge in [0.25, 0.3) is 0 Å². The van der Waals surface area contributed by atoms with E-state index in [9.17, 15) is 14.0 Å². The van der Waals surface area contributed by atoms with E-state index in [2.05, 4.69) is 0 Å². The fourth-order valence-electron chi connectivity index (χ4n) is 3.05. The molecule has 0 atom stereocenters. The van der Waals surface area contributed by atoms with Crippen LogP contribution in [0.2, 0.25) is 4.34 Å². The second-order valence-electron chi connectivity index (χ2n) is 6.14. The van der Waals surface area contributed by atoms with Crippen LogP contribution in [-0.2, 0) is 4.79 Å². The first-order valence-corrected chi connectivity index (χ1v) is 9.69. The number of nitrogens with zero attached hydrogens (tertiary/aromatic N) is 3. The number of ketones is 1. The Morgan fingerprint density at radius 1 is 1.15 bits per heavy atom. The molecule has 1 aromatic carbocycles. The molecule has 1 saturated heterocycles. The van der Waals surface area contributed by atoms with E-state index in [-0.39, 0.29) is 30.1 Å². The van der Waals surface area contributed by atoms with Gasteiger partial charge in [-0.05, 0) is 24.3 Å². The lowest BCUT2D eigenvalue weighted by Crippen LogP contribution is -2.49. The lowest BCUT2D eigenvalue weighted by atomic mass is 10.1. The van der Waals surface area contributed by atoms with Crippen molar-refractivity contribution in [3.05, 3.63) is 50.9 Å². The van der Waals surface area contributed by atoms with E-state index in [0.717, 1.165) is 0 Å². The minimum Gasteiger partial charge on any atom is -0.367 e. The number of nitriles is 1. The molecular weight excluding hydrogens is 389 g/mol. The molecule has 1 fully saturated rings. The summed E-state index contributed by atoms with van der Waals surface area (Å²) in [5.74, 6) is -0.705. The van der Waals surface area contributed by atoms with E-state index in [0.29, 0.717) is 41.1 Å². The number of hydrogen-bond donors (Lipinski definition) is 0. The molecule has 1 aliphatic heterocycles. The zero-order valence-corrected chi connectivity index (χ0v) is 16.0. The van der Waals surface area contributed by atoms with Crippen LogP contribution in [0.5, 0.6) is 0 Å². The van der Waals surface area contributed by atoms with Gasteiger partial charge >= 0.3 is 0 Å². The van der Waals surface area contributed by atoms with Crippen LogP contribution >= 0.6 is 22.9 Å². The molecule has 1 amide bonds. The third-order valence-corrected chi connectivity index (χ3v) is 5.76. The van der Waals surface area contributed by atoms with Crippen LogP contribution in [0.25, 0.3) is 0 Å². The molecule has 3 rings (SSSR count). The van der Waals surface area contributed by atoms with Gasteiger partial charge in [-0.3, -0.25) is 9.59 Å². The van der Waals surface area contributed by atoms with Crippen LogP contribution in [0.3, 0.4) is 0 Å². The van der Waals surface area contributed by atoms with Gasteiger partial charge in [0.05, 0.1) is 14.9 Å². The molecule has 1 aromatic heterocycles. The quantitative estimate of drug-likeness (QED) is 0.711. The lowest BCUT2D eigenvalue weighted by molar-refractivity contribution is -0.131. The van der Waals surface area contributed by atoms with Gasteiger partial charge < -0.3 is 9.80 Å². The number of anilines is 1. The van der Waals surface area contributed by atoms with Crippen molar-refractivity contribution in [3.63, 3.8) is 0 Å².